The number of anilines is 4. The third-order valence-corrected chi connectivity index (χ3v) is 6.69. The van der Waals surface area contributed by atoms with Crippen molar-refractivity contribution >= 4 is 35.0 Å². The number of methoxy groups -OCH3 is 1. The quantitative estimate of drug-likeness (QED) is 0.469. The predicted molar refractivity (Wildman–Crippen MR) is 137 cm³/mol. The fourth-order valence-corrected chi connectivity index (χ4v) is 4.70. The molecule has 0 spiro atoms. The van der Waals surface area contributed by atoms with E-state index in [-0.39, 0.29) is 11.8 Å². The van der Waals surface area contributed by atoms with Crippen LogP contribution in [0.15, 0.2) is 24.4 Å². The molecule has 2 aromatic rings. The zero-order valence-electron chi connectivity index (χ0n) is 20.8. The summed E-state index contributed by atoms with van der Waals surface area (Å²) in [6.07, 6.45) is 7.63. The van der Waals surface area contributed by atoms with Crippen molar-refractivity contribution in [2.75, 3.05) is 56.0 Å². The molecule has 2 heterocycles. The number of ether oxygens (including phenoxy) is 1. The molecule has 1 fully saturated rings. The highest BCUT2D eigenvalue weighted by molar-refractivity contribution is 5.97. The topological polar surface area (TPSA) is 112 Å². The molecule has 188 valence electrons. The normalized spacial score (nSPS) is 16.1. The van der Waals surface area contributed by atoms with Gasteiger partial charge in [-0.3, -0.25) is 9.59 Å². The first-order valence-corrected chi connectivity index (χ1v) is 12.3. The zero-order valence-corrected chi connectivity index (χ0v) is 20.8. The van der Waals surface area contributed by atoms with Gasteiger partial charge in [-0.2, -0.15) is 4.98 Å². The Bertz CT molecular complexity index is 1060. The summed E-state index contributed by atoms with van der Waals surface area (Å²) in [7, 11) is 5.23. The molecule has 1 aromatic heterocycles. The van der Waals surface area contributed by atoms with E-state index in [0.29, 0.717) is 48.5 Å². The Morgan fingerprint density at radius 2 is 2.03 bits per heavy atom. The van der Waals surface area contributed by atoms with Crippen LogP contribution in [0, 0.1) is 0 Å². The van der Waals surface area contributed by atoms with E-state index in [1.807, 2.05) is 7.05 Å². The van der Waals surface area contributed by atoms with Crippen molar-refractivity contribution in [3.05, 3.63) is 30.0 Å². The Kier molecular flexibility index (Phi) is 8.02. The minimum atomic E-state index is -0.146. The summed E-state index contributed by atoms with van der Waals surface area (Å²) in [4.78, 5) is 38.3. The molecule has 0 radical (unpaired) electrons. The van der Waals surface area contributed by atoms with Gasteiger partial charge in [0.1, 0.15) is 11.4 Å². The van der Waals surface area contributed by atoms with E-state index < -0.39 is 0 Å². The fourth-order valence-electron chi connectivity index (χ4n) is 4.70. The fraction of sp³-hybridized carbons (Fsp3) is 0.520. The van der Waals surface area contributed by atoms with Crippen molar-refractivity contribution in [3.63, 3.8) is 0 Å². The average Bonchev–Trinajstić information content (AvgIpc) is 3.37. The summed E-state index contributed by atoms with van der Waals surface area (Å²) in [5.74, 6) is 1.63. The van der Waals surface area contributed by atoms with Crippen LogP contribution < -0.4 is 30.5 Å². The number of aromatic nitrogens is 2. The third kappa shape index (κ3) is 5.64. The average molecular weight is 482 g/mol. The van der Waals surface area contributed by atoms with Crippen LogP contribution in [0.2, 0.25) is 0 Å². The van der Waals surface area contributed by atoms with E-state index in [0.717, 1.165) is 37.3 Å². The third-order valence-electron chi connectivity index (χ3n) is 6.69. The van der Waals surface area contributed by atoms with Crippen molar-refractivity contribution in [1.82, 2.24) is 20.6 Å². The molecule has 0 saturated heterocycles. The predicted octanol–water partition coefficient (Wildman–Crippen LogP) is 2.68. The van der Waals surface area contributed by atoms with Crippen LogP contribution in [0.25, 0.3) is 0 Å². The monoisotopic (exact) mass is 481 g/mol. The van der Waals surface area contributed by atoms with Crippen molar-refractivity contribution in [3.8, 4) is 5.75 Å². The molecule has 1 aliphatic carbocycles. The smallest absolute Gasteiger partial charge is 0.251 e. The molecule has 0 bridgehead atoms. The Balaban J connectivity index is 1.56. The number of benzene rings is 1. The maximum atomic E-state index is 12.6. The van der Waals surface area contributed by atoms with Crippen LogP contribution in [0.1, 0.15) is 48.9 Å². The number of nitrogens with one attached hydrogen (secondary N) is 3. The molecular formula is C25H35N7O3. The van der Waals surface area contributed by atoms with Crippen molar-refractivity contribution in [2.24, 2.45) is 0 Å². The van der Waals surface area contributed by atoms with Gasteiger partial charge in [0.15, 0.2) is 5.82 Å². The van der Waals surface area contributed by atoms with Gasteiger partial charge in [0.05, 0.1) is 19.0 Å². The van der Waals surface area contributed by atoms with Gasteiger partial charge < -0.3 is 30.5 Å². The molecule has 4 rings (SSSR count). The van der Waals surface area contributed by atoms with E-state index in [2.05, 4.69) is 25.8 Å². The van der Waals surface area contributed by atoms with Gasteiger partial charge in [0, 0.05) is 38.2 Å². The van der Waals surface area contributed by atoms with Crippen LogP contribution in [0.4, 0.5) is 23.1 Å². The Labute approximate surface area is 206 Å². The number of carbonyl (C=O) groups excluding carboxylic acids is 2. The highest BCUT2D eigenvalue weighted by atomic mass is 16.5. The van der Waals surface area contributed by atoms with Gasteiger partial charge in [-0.15, -0.1) is 0 Å². The second-order valence-electron chi connectivity index (χ2n) is 8.99. The number of hydrogen-bond acceptors (Lipinski definition) is 8. The molecule has 10 heteroatoms. The first-order valence-electron chi connectivity index (χ1n) is 12.3. The lowest BCUT2D eigenvalue weighted by Gasteiger charge is -2.30. The Morgan fingerprint density at radius 3 is 2.77 bits per heavy atom. The lowest BCUT2D eigenvalue weighted by Crippen LogP contribution is -2.34. The maximum Gasteiger partial charge on any atom is 0.251 e. The summed E-state index contributed by atoms with van der Waals surface area (Å²) >= 11 is 0. The van der Waals surface area contributed by atoms with E-state index in [4.69, 9.17) is 9.72 Å². The van der Waals surface area contributed by atoms with Crippen molar-refractivity contribution < 1.29 is 14.3 Å². The van der Waals surface area contributed by atoms with E-state index in [9.17, 15) is 9.59 Å². The molecule has 2 amide bonds. The Hall–Kier alpha value is -3.40. The van der Waals surface area contributed by atoms with Crippen molar-refractivity contribution in [1.29, 1.82) is 0 Å². The number of carbonyl (C=O) groups is 2. The summed E-state index contributed by atoms with van der Waals surface area (Å²) in [6, 6.07) is 5.63. The maximum absolute atomic E-state index is 12.6. The van der Waals surface area contributed by atoms with Crippen LogP contribution in [-0.4, -0.2) is 68.7 Å². The number of rotatable bonds is 9. The number of fused-ring (bicyclic) bond motifs is 1. The molecule has 1 saturated carbocycles. The second kappa shape index (κ2) is 11.4. The molecule has 35 heavy (non-hydrogen) atoms. The molecule has 2 aliphatic rings. The molecule has 1 aromatic carbocycles. The van der Waals surface area contributed by atoms with Gasteiger partial charge in [-0.05, 0) is 51.1 Å². The van der Waals surface area contributed by atoms with Crippen LogP contribution >= 0.6 is 0 Å². The van der Waals surface area contributed by atoms with Gasteiger partial charge in [0.2, 0.25) is 11.9 Å². The van der Waals surface area contributed by atoms with Gasteiger partial charge in [-0.1, -0.05) is 12.8 Å². The first-order chi connectivity index (χ1) is 17.0. The molecule has 0 atom stereocenters. The summed E-state index contributed by atoms with van der Waals surface area (Å²) < 4.78 is 5.55. The standard InChI is InChI=1S/C25H35N7O3/c1-26-12-6-13-27-24(34)17-9-10-19(21(15-17)35-3)29-25-28-16-20-23(30-25)32(18-7-4-5-8-18)14-11-22(33)31(20)2/h9-10,15-16,18,26H,4-8,11-14H2,1-3H3,(H,27,34)(H,28,29,30). The lowest BCUT2D eigenvalue weighted by molar-refractivity contribution is -0.118. The molecule has 10 nitrogen and oxygen atoms in total. The van der Waals surface area contributed by atoms with Gasteiger partial charge in [0.25, 0.3) is 5.91 Å². The van der Waals surface area contributed by atoms with E-state index in [1.54, 1.807) is 43.5 Å². The number of nitrogens with zero attached hydrogens (tertiary/aromatic N) is 4. The SMILES string of the molecule is CNCCCNC(=O)c1ccc(Nc2ncc3c(n2)N(C2CCCC2)CCC(=O)N3C)c(OC)c1. The minimum Gasteiger partial charge on any atom is -0.495 e. The molecule has 1 aliphatic heterocycles. The number of amides is 2. The second-order valence-corrected chi connectivity index (χ2v) is 8.99. The lowest BCUT2D eigenvalue weighted by atomic mass is 10.1. The van der Waals surface area contributed by atoms with Gasteiger partial charge in [-0.25, -0.2) is 4.98 Å². The first kappa shape index (κ1) is 24.7. The highest BCUT2D eigenvalue weighted by Gasteiger charge is 2.31. The summed E-state index contributed by atoms with van der Waals surface area (Å²) in [6.45, 7) is 2.09. The number of hydrogen-bond donors (Lipinski definition) is 3. The Morgan fingerprint density at radius 1 is 1.23 bits per heavy atom. The summed E-state index contributed by atoms with van der Waals surface area (Å²) in [5, 5.41) is 9.22. The molecular weight excluding hydrogens is 446 g/mol. The molecule has 0 unspecified atom stereocenters. The molecule has 3 N–H and O–H groups in total. The van der Waals surface area contributed by atoms with Crippen LogP contribution in [0.5, 0.6) is 5.75 Å². The van der Waals surface area contributed by atoms with Crippen LogP contribution in [0.3, 0.4) is 0 Å². The zero-order chi connectivity index (χ0) is 24.8. The van der Waals surface area contributed by atoms with Crippen LogP contribution in [-0.2, 0) is 4.79 Å². The largest absolute Gasteiger partial charge is 0.495 e. The van der Waals surface area contributed by atoms with E-state index in [1.165, 1.54) is 12.8 Å². The van der Waals surface area contributed by atoms with Crippen molar-refractivity contribution in [2.45, 2.75) is 44.6 Å². The van der Waals surface area contributed by atoms with E-state index >= 15 is 0 Å². The minimum absolute atomic E-state index is 0.0672. The van der Waals surface area contributed by atoms with Gasteiger partial charge >= 0.3 is 0 Å². The highest BCUT2D eigenvalue weighted by Crippen LogP contribution is 2.36. The summed E-state index contributed by atoms with van der Waals surface area (Å²) in [5.41, 5.74) is 1.90.